The molecule has 3 rings (SSSR count). The van der Waals surface area contributed by atoms with Gasteiger partial charge in [0.15, 0.2) is 5.82 Å². The molecule has 0 saturated carbocycles. The minimum absolute atomic E-state index is 0.318. The van der Waals surface area contributed by atoms with Crippen molar-refractivity contribution in [2.75, 3.05) is 13.1 Å². The van der Waals surface area contributed by atoms with Gasteiger partial charge in [0.1, 0.15) is 6.33 Å². The highest BCUT2D eigenvalue weighted by Gasteiger charge is 2.22. The zero-order valence-corrected chi connectivity index (χ0v) is 8.68. The predicted octanol–water partition coefficient (Wildman–Crippen LogP) is 0.322. The van der Waals surface area contributed by atoms with Crippen LogP contribution in [0.25, 0.3) is 11.6 Å². The maximum Gasteiger partial charge on any atom is 0.239 e. The Morgan fingerprint density at radius 2 is 2.44 bits per heavy atom. The summed E-state index contributed by atoms with van der Waals surface area (Å²) >= 11 is 0. The molecule has 7 heteroatoms. The molecule has 0 spiro atoms. The zero-order chi connectivity index (χ0) is 10.8. The van der Waals surface area contributed by atoms with Gasteiger partial charge in [-0.3, -0.25) is 5.10 Å². The molecule has 1 fully saturated rings. The van der Waals surface area contributed by atoms with Gasteiger partial charge in [0.25, 0.3) is 0 Å². The monoisotopic (exact) mass is 220 g/mol. The predicted molar refractivity (Wildman–Crippen MR) is 54.5 cm³/mol. The van der Waals surface area contributed by atoms with Crippen LogP contribution in [0.1, 0.15) is 24.7 Å². The van der Waals surface area contributed by atoms with E-state index < -0.39 is 0 Å². The molecule has 3 heterocycles. The quantitative estimate of drug-likeness (QED) is 0.757. The molecule has 1 saturated heterocycles. The number of H-pyrrole nitrogens is 1. The molecule has 0 radical (unpaired) electrons. The molecule has 2 N–H and O–H groups in total. The summed E-state index contributed by atoms with van der Waals surface area (Å²) in [5.74, 6) is 2.01. The van der Waals surface area contributed by atoms with E-state index in [4.69, 9.17) is 4.52 Å². The van der Waals surface area contributed by atoms with Crippen LogP contribution in [0.2, 0.25) is 0 Å². The first-order chi connectivity index (χ1) is 7.93. The van der Waals surface area contributed by atoms with Crippen LogP contribution in [0.5, 0.6) is 0 Å². The van der Waals surface area contributed by atoms with Crippen LogP contribution < -0.4 is 5.32 Å². The van der Waals surface area contributed by atoms with Crippen LogP contribution in [-0.4, -0.2) is 38.4 Å². The molecule has 0 unspecified atom stereocenters. The van der Waals surface area contributed by atoms with Crippen LogP contribution in [-0.2, 0) is 0 Å². The molecule has 0 amide bonds. The summed E-state index contributed by atoms with van der Waals surface area (Å²) < 4.78 is 5.24. The lowest BCUT2D eigenvalue weighted by atomic mass is 10.00. The van der Waals surface area contributed by atoms with Gasteiger partial charge in [0.2, 0.25) is 11.7 Å². The SMILES string of the molecule is c1n[nH]c(-c2noc([C@@H]3CCCNC3)n2)n1. The average Bonchev–Trinajstić information content (AvgIpc) is 3.01. The molecule has 1 aliphatic heterocycles. The van der Waals surface area contributed by atoms with Crippen LogP contribution in [0.3, 0.4) is 0 Å². The van der Waals surface area contributed by atoms with Crippen molar-refractivity contribution in [3.05, 3.63) is 12.2 Å². The van der Waals surface area contributed by atoms with E-state index in [0.717, 1.165) is 25.9 Å². The standard InChI is InChI=1S/C9H12N6O/c1-2-6(4-10-3-1)9-13-8(15-16-9)7-11-5-12-14-7/h5-6,10H,1-4H2,(H,11,12,14)/t6-/m1/s1. The molecule has 0 bridgehead atoms. The van der Waals surface area contributed by atoms with Gasteiger partial charge in [0.05, 0.1) is 5.92 Å². The number of rotatable bonds is 2. The Morgan fingerprint density at radius 1 is 1.44 bits per heavy atom. The smallest absolute Gasteiger partial charge is 0.239 e. The van der Waals surface area contributed by atoms with Crippen LogP contribution >= 0.6 is 0 Å². The second-order valence-corrected chi connectivity index (χ2v) is 3.83. The van der Waals surface area contributed by atoms with Crippen molar-refractivity contribution in [1.29, 1.82) is 0 Å². The summed E-state index contributed by atoms with van der Waals surface area (Å²) in [4.78, 5) is 8.30. The van der Waals surface area contributed by atoms with Gasteiger partial charge in [-0.25, -0.2) is 4.98 Å². The molecule has 0 aromatic carbocycles. The number of aromatic amines is 1. The van der Waals surface area contributed by atoms with Gasteiger partial charge in [-0.2, -0.15) is 10.1 Å². The maximum atomic E-state index is 5.24. The molecule has 1 atom stereocenters. The van der Waals surface area contributed by atoms with Crippen LogP contribution in [0.15, 0.2) is 10.9 Å². The lowest BCUT2D eigenvalue weighted by molar-refractivity contribution is 0.322. The summed E-state index contributed by atoms with van der Waals surface area (Å²) in [7, 11) is 0. The summed E-state index contributed by atoms with van der Waals surface area (Å²) in [6.07, 6.45) is 3.66. The van der Waals surface area contributed by atoms with E-state index in [1.54, 1.807) is 0 Å². The number of nitrogens with one attached hydrogen (secondary N) is 2. The maximum absolute atomic E-state index is 5.24. The third-order valence-electron chi connectivity index (χ3n) is 2.71. The fraction of sp³-hybridized carbons (Fsp3) is 0.556. The molecular weight excluding hydrogens is 208 g/mol. The van der Waals surface area contributed by atoms with E-state index in [1.807, 2.05) is 0 Å². The number of piperidine rings is 1. The fourth-order valence-electron chi connectivity index (χ4n) is 1.87. The van der Waals surface area contributed by atoms with Crippen molar-refractivity contribution >= 4 is 0 Å². The van der Waals surface area contributed by atoms with E-state index in [2.05, 4.69) is 30.6 Å². The lowest BCUT2D eigenvalue weighted by Gasteiger charge is -2.18. The summed E-state index contributed by atoms with van der Waals surface area (Å²) in [6, 6.07) is 0. The Morgan fingerprint density at radius 3 is 3.19 bits per heavy atom. The summed E-state index contributed by atoms with van der Waals surface area (Å²) in [6.45, 7) is 1.97. The number of nitrogens with zero attached hydrogens (tertiary/aromatic N) is 4. The van der Waals surface area contributed by atoms with E-state index >= 15 is 0 Å². The Hall–Kier alpha value is -1.76. The normalized spacial score (nSPS) is 21.1. The number of aromatic nitrogens is 5. The highest BCUT2D eigenvalue weighted by Crippen LogP contribution is 2.22. The van der Waals surface area contributed by atoms with Crippen molar-refractivity contribution in [1.82, 2.24) is 30.6 Å². The Kier molecular flexibility index (Phi) is 2.37. The molecule has 7 nitrogen and oxygen atoms in total. The molecule has 2 aromatic rings. The average molecular weight is 220 g/mol. The van der Waals surface area contributed by atoms with E-state index in [0.29, 0.717) is 23.5 Å². The first-order valence-corrected chi connectivity index (χ1v) is 5.33. The third kappa shape index (κ3) is 1.69. The topological polar surface area (TPSA) is 92.5 Å². The Bertz CT molecular complexity index is 444. The number of hydrogen-bond acceptors (Lipinski definition) is 6. The second kappa shape index (κ2) is 4.01. The largest absolute Gasteiger partial charge is 0.339 e. The molecule has 84 valence electrons. The molecule has 0 aliphatic carbocycles. The minimum atomic E-state index is 0.318. The second-order valence-electron chi connectivity index (χ2n) is 3.83. The Labute approximate surface area is 91.7 Å². The first kappa shape index (κ1) is 9.46. The first-order valence-electron chi connectivity index (χ1n) is 5.33. The van der Waals surface area contributed by atoms with Crippen molar-refractivity contribution in [3.63, 3.8) is 0 Å². The lowest BCUT2D eigenvalue weighted by Crippen LogP contribution is -2.28. The summed E-state index contributed by atoms with van der Waals surface area (Å²) in [5.41, 5.74) is 0. The van der Waals surface area contributed by atoms with Crippen LogP contribution in [0.4, 0.5) is 0 Å². The van der Waals surface area contributed by atoms with E-state index in [9.17, 15) is 0 Å². The molecular formula is C9H12N6O. The fourth-order valence-corrected chi connectivity index (χ4v) is 1.87. The highest BCUT2D eigenvalue weighted by molar-refractivity contribution is 5.39. The van der Waals surface area contributed by atoms with Gasteiger partial charge in [0, 0.05) is 6.54 Å². The van der Waals surface area contributed by atoms with Gasteiger partial charge in [-0.05, 0) is 19.4 Å². The molecule has 16 heavy (non-hydrogen) atoms. The van der Waals surface area contributed by atoms with Crippen molar-refractivity contribution in [2.45, 2.75) is 18.8 Å². The molecule has 1 aliphatic rings. The highest BCUT2D eigenvalue weighted by atomic mass is 16.5. The van der Waals surface area contributed by atoms with Gasteiger partial charge >= 0.3 is 0 Å². The summed E-state index contributed by atoms with van der Waals surface area (Å²) in [5, 5.41) is 13.7. The van der Waals surface area contributed by atoms with Gasteiger partial charge in [-0.1, -0.05) is 5.16 Å². The van der Waals surface area contributed by atoms with Crippen LogP contribution in [0, 0.1) is 0 Å². The number of hydrogen-bond donors (Lipinski definition) is 2. The van der Waals surface area contributed by atoms with Crippen molar-refractivity contribution in [2.24, 2.45) is 0 Å². The Balaban J connectivity index is 1.82. The van der Waals surface area contributed by atoms with Crippen molar-refractivity contribution < 1.29 is 4.52 Å². The van der Waals surface area contributed by atoms with E-state index in [-0.39, 0.29) is 0 Å². The van der Waals surface area contributed by atoms with Gasteiger partial charge < -0.3 is 9.84 Å². The van der Waals surface area contributed by atoms with Crippen molar-refractivity contribution in [3.8, 4) is 11.6 Å². The third-order valence-corrected chi connectivity index (χ3v) is 2.71. The minimum Gasteiger partial charge on any atom is -0.339 e. The van der Waals surface area contributed by atoms with E-state index in [1.165, 1.54) is 6.33 Å². The zero-order valence-electron chi connectivity index (χ0n) is 8.68. The van der Waals surface area contributed by atoms with Gasteiger partial charge in [-0.15, -0.1) is 0 Å². The molecule has 2 aromatic heterocycles.